The number of hydrogen-bond acceptors (Lipinski definition) is 5. The first-order valence-corrected chi connectivity index (χ1v) is 7.45. The number of esters is 1. The number of ether oxygens (including phenoxy) is 2. The van der Waals surface area contributed by atoms with Gasteiger partial charge in [-0.2, -0.15) is 0 Å². The van der Waals surface area contributed by atoms with Gasteiger partial charge < -0.3 is 9.47 Å². The van der Waals surface area contributed by atoms with Crippen molar-refractivity contribution in [2.24, 2.45) is 0 Å². The number of nitrogens with zero attached hydrogens (tertiary/aromatic N) is 1. The first kappa shape index (κ1) is 17.2. The van der Waals surface area contributed by atoms with Crippen molar-refractivity contribution in [3.63, 3.8) is 0 Å². The molecule has 0 saturated heterocycles. The maximum atomic E-state index is 11.8. The Kier molecular flexibility index (Phi) is 6.08. The van der Waals surface area contributed by atoms with Gasteiger partial charge in [-0.15, -0.1) is 0 Å². The number of rotatable bonds is 7. The zero-order valence-electron chi connectivity index (χ0n) is 13.2. The van der Waals surface area contributed by atoms with Crippen molar-refractivity contribution >= 4 is 17.7 Å². The second-order valence-corrected chi connectivity index (χ2v) is 4.92. The van der Waals surface area contributed by atoms with Crippen LogP contribution in [0.25, 0.3) is 6.08 Å². The monoisotopic (exact) mass is 327 g/mol. The Labute approximate surface area is 139 Å². The molecule has 0 aliphatic heterocycles. The SMILES string of the molecule is CCCOc1ccc(OC(=O)/C=C/c2ccc([N+](=O)[O-])cc2)cc1. The van der Waals surface area contributed by atoms with E-state index in [1.54, 1.807) is 36.4 Å². The van der Waals surface area contributed by atoms with Crippen molar-refractivity contribution in [3.8, 4) is 11.5 Å². The molecule has 0 heterocycles. The number of carbonyl (C=O) groups is 1. The number of benzene rings is 2. The van der Waals surface area contributed by atoms with E-state index in [4.69, 9.17) is 9.47 Å². The minimum atomic E-state index is -0.532. The average Bonchev–Trinajstić information content (AvgIpc) is 2.59. The molecular weight excluding hydrogens is 310 g/mol. The molecule has 6 nitrogen and oxygen atoms in total. The van der Waals surface area contributed by atoms with Crippen LogP contribution >= 0.6 is 0 Å². The van der Waals surface area contributed by atoms with Gasteiger partial charge in [0, 0.05) is 18.2 Å². The fraction of sp³-hybridized carbons (Fsp3) is 0.167. The van der Waals surface area contributed by atoms with Crippen molar-refractivity contribution in [2.75, 3.05) is 6.61 Å². The molecule has 0 aliphatic rings. The lowest BCUT2D eigenvalue weighted by Crippen LogP contribution is -2.03. The minimum absolute atomic E-state index is 0.000100. The molecule has 0 aliphatic carbocycles. The Morgan fingerprint density at radius 2 is 1.71 bits per heavy atom. The smallest absolute Gasteiger partial charge is 0.336 e. The van der Waals surface area contributed by atoms with E-state index >= 15 is 0 Å². The van der Waals surface area contributed by atoms with Crippen molar-refractivity contribution < 1.29 is 19.2 Å². The number of non-ortho nitro benzene ring substituents is 1. The molecule has 0 bridgehead atoms. The number of nitro benzene ring substituents is 1. The Balaban J connectivity index is 1.91. The van der Waals surface area contributed by atoms with Crippen LogP contribution in [0.4, 0.5) is 5.69 Å². The zero-order chi connectivity index (χ0) is 17.4. The second kappa shape index (κ2) is 8.47. The maximum Gasteiger partial charge on any atom is 0.336 e. The van der Waals surface area contributed by atoms with Crippen LogP contribution in [0.3, 0.4) is 0 Å². The molecule has 24 heavy (non-hydrogen) atoms. The van der Waals surface area contributed by atoms with Crippen LogP contribution in [0.15, 0.2) is 54.6 Å². The molecule has 2 rings (SSSR count). The predicted octanol–water partition coefficient (Wildman–Crippen LogP) is 4.00. The van der Waals surface area contributed by atoms with Crippen molar-refractivity contribution in [1.82, 2.24) is 0 Å². The summed E-state index contributed by atoms with van der Waals surface area (Å²) in [5.41, 5.74) is 0.668. The van der Waals surface area contributed by atoms with E-state index in [0.717, 1.165) is 12.2 Å². The highest BCUT2D eigenvalue weighted by Crippen LogP contribution is 2.18. The third-order valence-electron chi connectivity index (χ3n) is 3.03. The van der Waals surface area contributed by atoms with E-state index in [9.17, 15) is 14.9 Å². The van der Waals surface area contributed by atoms with E-state index in [-0.39, 0.29) is 5.69 Å². The Bertz CT molecular complexity index is 720. The molecule has 0 atom stereocenters. The fourth-order valence-corrected chi connectivity index (χ4v) is 1.85. The summed E-state index contributed by atoms with van der Waals surface area (Å²) in [6.45, 7) is 2.66. The van der Waals surface area contributed by atoms with E-state index in [2.05, 4.69) is 0 Å². The predicted molar refractivity (Wildman–Crippen MR) is 90.0 cm³/mol. The average molecular weight is 327 g/mol. The lowest BCUT2D eigenvalue weighted by molar-refractivity contribution is -0.384. The van der Waals surface area contributed by atoms with Gasteiger partial charge in [0.25, 0.3) is 5.69 Å². The molecule has 0 saturated carbocycles. The van der Waals surface area contributed by atoms with E-state index in [1.807, 2.05) is 6.92 Å². The number of nitro groups is 1. The summed E-state index contributed by atoms with van der Waals surface area (Å²) in [5, 5.41) is 10.6. The van der Waals surface area contributed by atoms with Gasteiger partial charge >= 0.3 is 5.97 Å². The molecule has 0 unspecified atom stereocenters. The standard InChI is InChI=1S/C18H17NO5/c1-2-13-23-16-8-10-17(11-9-16)24-18(20)12-5-14-3-6-15(7-4-14)19(21)22/h3-12H,2,13H2,1H3/b12-5+. The third-order valence-corrected chi connectivity index (χ3v) is 3.03. The van der Waals surface area contributed by atoms with Crippen LogP contribution in [-0.2, 0) is 4.79 Å². The molecule has 124 valence electrons. The van der Waals surface area contributed by atoms with Crippen LogP contribution in [0.5, 0.6) is 11.5 Å². The summed E-state index contributed by atoms with van der Waals surface area (Å²) in [6.07, 6.45) is 3.72. The fourth-order valence-electron chi connectivity index (χ4n) is 1.85. The van der Waals surface area contributed by atoms with Gasteiger partial charge in [0.1, 0.15) is 11.5 Å². The number of hydrogen-bond donors (Lipinski definition) is 0. The summed E-state index contributed by atoms with van der Waals surface area (Å²) < 4.78 is 10.6. The Hall–Kier alpha value is -3.15. The van der Waals surface area contributed by atoms with E-state index in [0.29, 0.717) is 17.9 Å². The lowest BCUT2D eigenvalue weighted by atomic mass is 10.2. The van der Waals surface area contributed by atoms with Gasteiger partial charge in [0.2, 0.25) is 0 Å². The van der Waals surface area contributed by atoms with Crippen molar-refractivity contribution in [2.45, 2.75) is 13.3 Å². The Morgan fingerprint density at radius 3 is 2.29 bits per heavy atom. The van der Waals surface area contributed by atoms with Gasteiger partial charge in [-0.1, -0.05) is 6.92 Å². The van der Waals surface area contributed by atoms with Crippen LogP contribution in [0.1, 0.15) is 18.9 Å². The molecular formula is C18H17NO5. The van der Waals surface area contributed by atoms with Crippen LogP contribution in [-0.4, -0.2) is 17.5 Å². The summed E-state index contributed by atoms with van der Waals surface area (Å²) in [4.78, 5) is 21.9. The summed E-state index contributed by atoms with van der Waals surface area (Å²) >= 11 is 0. The number of carbonyl (C=O) groups excluding carboxylic acids is 1. The molecule has 0 spiro atoms. The maximum absolute atomic E-state index is 11.8. The van der Waals surface area contributed by atoms with Gasteiger partial charge in [-0.3, -0.25) is 10.1 Å². The van der Waals surface area contributed by atoms with Gasteiger partial charge in [-0.25, -0.2) is 4.79 Å². The van der Waals surface area contributed by atoms with E-state index < -0.39 is 10.9 Å². The van der Waals surface area contributed by atoms with Crippen LogP contribution in [0.2, 0.25) is 0 Å². The first-order valence-electron chi connectivity index (χ1n) is 7.45. The normalized spacial score (nSPS) is 10.5. The third kappa shape index (κ3) is 5.24. The molecule has 0 aromatic heterocycles. The molecule has 0 radical (unpaired) electrons. The topological polar surface area (TPSA) is 78.7 Å². The summed E-state index contributed by atoms with van der Waals surface area (Å²) in [7, 11) is 0. The van der Waals surface area contributed by atoms with Crippen LogP contribution in [0, 0.1) is 10.1 Å². The van der Waals surface area contributed by atoms with Gasteiger partial charge in [-0.05, 0) is 54.5 Å². The lowest BCUT2D eigenvalue weighted by Gasteiger charge is -2.05. The van der Waals surface area contributed by atoms with Gasteiger partial charge in [0.05, 0.1) is 11.5 Å². The highest BCUT2D eigenvalue weighted by atomic mass is 16.6. The van der Waals surface area contributed by atoms with Crippen molar-refractivity contribution in [3.05, 3.63) is 70.3 Å². The molecule has 0 N–H and O–H groups in total. The second-order valence-electron chi connectivity index (χ2n) is 4.92. The van der Waals surface area contributed by atoms with Gasteiger partial charge in [0.15, 0.2) is 0 Å². The first-order chi connectivity index (χ1) is 11.6. The highest BCUT2D eigenvalue weighted by Gasteiger charge is 2.04. The van der Waals surface area contributed by atoms with Crippen LogP contribution < -0.4 is 9.47 Å². The molecule has 0 amide bonds. The van der Waals surface area contributed by atoms with Crippen molar-refractivity contribution in [1.29, 1.82) is 0 Å². The van der Waals surface area contributed by atoms with E-state index in [1.165, 1.54) is 24.3 Å². The molecule has 0 fully saturated rings. The Morgan fingerprint density at radius 1 is 1.08 bits per heavy atom. The molecule has 2 aromatic rings. The zero-order valence-corrected chi connectivity index (χ0v) is 13.2. The minimum Gasteiger partial charge on any atom is -0.494 e. The highest BCUT2D eigenvalue weighted by molar-refractivity contribution is 5.88. The summed E-state index contributed by atoms with van der Waals surface area (Å²) in [6, 6.07) is 12.6. The molecule has 2 aromatic carbocycles. The quantitative estimate of drug-likeness (QED) is 0.252. The largest absolute Gasteiger partial charge is 0.494 e. The molecule has 6 heteroatoms. The summed E-state index contributed by atoms with van der Waals surface area (Å²) in [5.74, 6) is 0.603.